The molecule has 2 aliphatic rings. The van der Waals surface area contributed by atoms with E-state index < -0.39 is 17.4 Å². The Morgan fingerprint density at radius 1 is 1.00 bits per heavy atom. The summed E-state index contributed by atoms with van der Waals surface area (Å²) in [6.07, 6.45) is 4.09. The monoisotopic (exact) mass is 645 g/mol. The maximum atomic E-state index is 14.0. The molecule has 2 heterocycles. The molecule has 0 saturated heterocycles. The third-order valence-electron chi connectivity index (χ3n) is 9.32. The van der Waals surface area contributed by atoms with Crippen LogP contribution in [0.3, 0.4) is 0 Å². The lowest BCUT2D eigenvalue weighted by molar-refractivity contribution is -0.139. The zero-order valence-corrected chi connectivity index (χ0v) is 27.0. The smallest absolute Gasteiger partial charge is 0.264 e. The van der Waals surface area contributed by atoms with Crippen LogP contribution in [-0.4, -0.2) is 52.6 Å². The lowest BCUT2D eigenvalue weighted by atomic mass is 9.83. The van der Waals surface area contributed by atoms with Gasteiger partial charge in [-0.25, -0.2) is 0 Å². The van der Waals surface area contributed by atoms with Gasteiger partial charge in [-0.2, -0.15) is 0 Å². The number of hydrogen-bond donors (Lipinski definition) is 3. The van der Waals surface area contributed by atoms with Crippen molar-refractivity contribution >= 4 is 29.1 Å². The Kier molecular flexibility index (Phi) is 9.43. The van der Waals surface area contributed by atoms with Crippen molar-refractivity contribution in [1.29, 1.82) is 0 Å². The lowest BCUT2D eigenvalue weighted by Gasteiger charge is -2.36. The van der Waals surface area contributed by atoms with Gasteiger partial charge < -0.3 is 30.1 Å². The van der Waals surface area contributed by atoms with Crippen LogP contribution in [0.15, 0.2) is 109 Å². The van der Waals surface area contributed by atoms with Crippen LogP contribution < -0.4 is 15.0 Å². The van der Waals surface area contributed by atoms with E-state index >= 15 is 0 Å². The van der Waals surface area contributed by atoms with Crippen molar-refractivity contribution in [3.63, 3.8) is 0 Å². The molecule has 2 aliphatic heterocycles. The fraction of sp³-hybridized carbons (Fsp3) is 0.256. The SMILES string of the molecule is COc1ccc(C(=O)Nc2cccc(CN3C(=O)[C@@](O)([C@@H](C)/C=C/CC(=O)N4Cc5ccccc5C[C@H]4CO)c4ccccc43)c2)cc1. The number of hydrogen-bond acceptors (Lipinski definition) is 6. The van der Waals surface area contributed by atoms with Crippen LogP contribution in [0, 0.1) is 5.92 Å². The summed E-state index contributed by atoms with van der Waals surface area (Å²) in [7, 11) is 1.56. The Balaban J connectivity index is 1.15. The second kappa shape index (κ2) is 13.9. The van der Waals surface area contributed by atoms with Gasteiger partial charge in [0.15, 0.2) is 5.60 Å². The van der Waals surface area contributed by atoms with Gasteiger partial charge in [0.05, 0.1) is 32.0 Å². The summed E-state index contributed by atoms with van der Waals surface area (Å²) in [5, 5.41) is 24.9. The van der Waals surface area contributed by atoms with Crippen molar-refractivity contribution in [1.82, 2.24) is 4.90 Å². The summed E-state index contributed by atoms with van der Waals surface area (Å²) in [6, 6.07) is 28.9. The van der Waals surface area contributed by atoms with Crippen LogP contribution in [0.1, 0.15) is 46.0 Å². The van der Waals surface area contributed by atoms with E-state index in [1.807, 2.05) is 54.6 Å². The first-order valence-corrected chi connectivity index (χ1v) is 16.0. The van der Waals surface area contributed by atoms with E-state index in [4.69, 9.17) is 4.74 Å². The van der Waals surface area contributed by atoms with Gasteiger partial charge >= 0.3 is 0 Å². The molecule has 0 bridgehead atoms. The Morgan fingerprint density at radius 3 is 2.48 bits per heavy atom. The minimum atomic E-state index is -1.84. The molecule has 3 N–H and O–H groups in total. The summed E-state index contributed by atoms with van der Waals surface area (Å²) in [4.78, 5) is 43.4. The molecule has 48 heavy (non-hydrogen) atoms. The standard InChI is InChI=1S/C39H39N3O6/c1-26(9-7-16-36(44)41-24-30-12-4-3-11-29(30)22-32(41)25-43)39(47)34-14-5-6-15-35(34)42(38(39)46)23-27-10-8-13-31(21-27)40-37(45)28-17-19-33(48-2)20-18-28/h3-15,17-21,26,32,43,47H,16,22-25H2,1-2H3,(H,40,45)/b9-7+/t26-,32-,39+/m0/s1. The highest BCUT2D eigenvalue weighted by Gasteiger charge is 2.52. The highest BCUT2D eigenvalue weighted by atomic mass is 16.5. The molecule has 0 radical (unpaired) electrons. The van der Waals surface area contributed by atoms with E-state index in [9.17, 15) is 24.6 Å². The number of nitrogens with one attached hydrogen (secondary N) is 1. The zero-order chi connectivity index (χ0) is 33.8. The first-order chi connectivity index (χ1) is 23.2. The van der Waals surface area contributed by atoms with Gasteiger partial charge in [0.2, 0.25) is 5.91 Å². The van der Waals surface area contributed by atoms with Crippen molar-refractivity contribution in [3.8, 4) is 5.75 Å². The van der Waals surface area contributed by atoms with Crippen LogP contribution in [0.4, 0.5) is 11.4 Å². The van der Waals surface area contributed by atoms with E-state index in [0.717, 1.165) is 16.7 Å². The zero-order valence-electron chi connectivity index (χ0n) is 27.0. The van der Waals surface area contributed by atoms with E-state index in [0.29, 0.717) is 41.2 Å². The van der Waals surface area contributed by atoms with Crippen LogP contribution in [0.2, 0.25) is 0 Å². The Hall–Kier alpha value is -5.25. The second-order valence-corrected chi connectivity index (χ2v) is 12.3. The highest BCUT2D eigenvalue weighted by Crippen LogP contribution is 2.45. The number of nitrogens with zero attached hydrogens (tertiary/aromatic N) is 2. The lowest BCUT2D eigenvalue weighted by Crippen LogP contribution is -2.46. The largest absolute Gasteiger partial charge is 0.497 e. The fourth-order valence-corrected chi connectivity index (χ4v) is 6.61. The average Bonchev–Trinajstić information content (AvgIpc) is 3.33. The van der Waals surface area contributed by atoms with E-state index in [1.165, 1.54) is 0 Å². The van der Waals surface area contributed by atoms with Gasteiger partial charge in [0.1, 0.15) is 5.75 Å². The highest BCUT2D eigenvalue weighted by molar-refractivity contribution is 6.07. The fourth-order valence-electron chi connectivity index (χ4n) is 6.61. The molecular weight excluding hydrogens is 606 g/mol. The number of carbonyl (C=O) groups is 3. The number of fused-ring (bicyclic) bond motifs is 2. The molecule has 9 nitrogen and oxygen atoms in total. The molecule has 0 aliphatic carbocycles. The van der Waals surface area contributed by atoms with Crippen LogP contribution >= 0.6 is 0 Å². The van der Waals surface area contributed by atoms with Crippen LogP contribution in [-0.2, 0) is 34.7 Å². The van der Waals surface area contributed by atoms with Crippen molar-refractivity contribution in [2.24, 2.45) is 5.92 Å². The molecule has 0 spiro atoms. The maximum absolute atomic E-state index is 14.0. The molecule has 6 rings (SSSR count). The molecule has 0 fully saturated rings. The molecule has 4 aromatic rings. The molecule has 3 amide bonds. The topological polar surface area (TPSA) is 119 Å². The van der Waals surface area contributed by atoms with Crippen molar-refractivity contribution in [2.45, 2.75) is 44.5 Å². The Labute approximate surface area is 280 Å². The number of carbonyl (C=O) groups excluding carboxylic acids is 3. The Bertz CT molecular complexity index is 1850. The number of aliphatic hydroxyl groups is 2. The van der Waals surface area contributed by atoms with Crippen LogP contribution in [0.5, 0.6) is 5.75 Å². The number of methoxy groups -OCH3 is 1. The normalized spacial score (nSPS) is 19.2. The second-order valence-electron chi connectivity index (χ2n) is 12.3. The van der Waals surface area contributed by atoms with Crippen LogP contribution in [0.25, 0.3) is 0 Å². The molecule has 0 unspecified atom stereocenters. The third kappa shape index (κ3) is 6.34. The summed E-state index contributed by atoms with van der Waals surface area (Å²) < 4.78 is 5.17. The van der Waals surface area contributed by atoms with Gasteiger partial charge in [0, 0.05) is 35.7 Å². The predicted molar refractivity (Wildman–Crippen MR) is 183 cm³/mol. The summed E-state index contributed by atoms with van der Waals surface area (Å²) in [5.41, 5.74) is 3.29. The minimum Gasteiger partial charge on any atom is -0.497 e. The Morgan fingerprint density at radius 2 is 1.73 bits per heavy atom. The molecule has 0 saturated carbocycles. The number of anilines is 2. The number of ether oxygens (including phenoxy) is 1. The van der Waals surface area contributed by atoms with Crippen molar-refractivity contribution < 1.29 is 29.3 Å². The van der Waals surface area contributed by atoms with E-state index in [-0.39, 0.29) is 37.4 Å². The molecule has 4 aromatic carbocycles. The quantitative estimate of drug-likeness (QED) is 0.204. The van der Waals surface area contributed by atoms with Gasteiger partial charge in [-0.05, 0) is 65.6 Å². The number of para-hydroxylation sites is 1. The molecular formula is C39H39N3O6. The number of rotatable bonds is 10. The first-order valence-electron chi connectivity index (χ1n) is 16.0. The van der Waals surface area contributed by atoms with Gasteiger partial charge in [-0.1, -0.05) is 73.7 Å². The molecule has 9 heteroatoms. The van der Waals surface area contributed by atoms with E-state index in [1.54, 1.807) is 78.4 Å². The summed E-state index contributed by atoms with van der Waals surface area (Å²) in [5.74, 6) is -0.856. The maximum Gasteiger partial charge on any atom is 0.264 e. The minimum absolute atomic E-state index is 0.0771. The van der Waals surface area contributed by atoms with Crippen molar-refractivity contribution in [2.75, 3.05) is 23.9 Å². The van der Waals surface area contributed by atoms with Gasteiger partial charge in [-0.15, -0.1) is 0 Å². The third-order valence-corrected chi connectivity index (χ3v) is 9.32. The number of amides is 3. The number of aliphatic hydroxyl groups excluding tert-OH is 1. The van der Waals surface area contributed by atoms with Crippen molar-refractivity contribution in [3.05, 3.63) is 137 Å². The first kappa shape index (κ1) is 32.7. The predicted octanol–water partition coefficient (Wildman–Crippen LogP) is 5.21. The average molecular weight is 646 g/mol. The molecule has 0 aromatic heterocycles. The molecule has 3 atom stereocenters. The summed E-state index contributed by atoms with van der Waals surface area (Å²) >= 11 is 0. The molecule has 246 valence electrons. The van der Waals surface area contributed by atoms with E-state index in [2.05, 4.69) is 5.32 Å². The van der Waals surface area contributed by atoms with Gasteiger partial charge in [0.25, 0.3) is 11.8 Å². The number of benzene rings is 4. The summed E-state index contributed by atoms with van der Waals surface area (Å²) in [6.45, 7) is 2.25. The van der Waals surface area contributed by atoms with Gasteiger partial charge in [-0.3, -0.25) is 14.4 Å².